The summed E-state index contributed by atoms with van der Waals surface area (Å²) in [6.07, 6.45) is 0.177. The third-order valence-electron chi connectivity index (χ3n) is 2.95. The number of rotatable bonds is 7. The van der Waals surface area contributed by atoms with Crippen LogP contribution in [-0.2, 0) is 14.3 Å². The van der Waals surface area contributed by atoms with Gasteiger partial charge in [-0.25, -0.2) is 4.39 Å². The summed E-state index contributed by atoms with van der Waals surface area (Å²) in [5.74, 6) is -0.948. The lowest BCUT2D eigenvalue weighted by Gasteiger charge is -2.19. The van der Waals surface area contributed by atoms with Crippen molar-refractivity contribution in [3.05, 3.63) is 30.1 Å². The molecule has 0 radical (unpaired) electrons. The van der Waals surface area contributed by atoms with Gasteiger partial charge in [-0.3, -0.25) is 9.59 Å². The van der Waals surface area contributed by atoms with E-state index in [0.29, 0.717) is 12.2 Å². The molecule has 0 aliphatic carbocycles. The molecule has 0 aromatic heterocycles. The van der Waals surface area contributed by atoms with Gasteiger partial charge < -0.3 is 15.4 Å². The smallest absolute Gasteiger partial charge is 0.323 e. The normalized spacial score (nSPS) is 12.0. The van der Waals surface area contributed by atoms with Crippen LogP contribution in [0.4, 0.5) is 10.1 Å². The number of hydrogen-bond donors (Lipinski definition) is 2. The zero-order chi connectivity index (χ0) is 15.8. The topological polar surface area (TPSA) is 67.4 Å². The van der Waals surface area contributed by atoms with Crippen LogP contribution >= 0.6 is 0 Å². The van der Waals surface area contributed by atoms with E-state index in [4.69, 9.17) is 4.74 Å². The predicted octanol–water partition coefficient (Wildman–Crippen LogP) is 1.94. The van der Waals surface area contributed by atoms with Gasteiger partial charge in [-0.15, -0.1) is 0 Å². The Labute approximate surface area is 123 Å². The minimum absolute atomic E-state index is 0.0590. The first kappa shape index (κ1) is 17.1. The highest BCUT2D eigenvalue weighted by Crippen LogP contribution is 2.09. The van der Waals surface area contributed by atoms with Gasteiger partial charge in [-0.2, -0.15) is 0 Å². The molecule has 6 heteroatoms. The summed E-state index contributed by atoms with van der Waals surface area (Å²) in [7, 11) is 1.33. The lowest BCUT2D eigenvalue weighted by Crippen LogP contribution is -2.42. The molecule has 1 aromatic rings. The van der Waals surface area contributed by atoms with E-state index >= 15 is 0 Å². The maximum atomic E-state index is 13.0. The van der Waals surface area contributed by atoms with E-state index < -0.39 is 11.9 Å². The fourth-order valence-corrected chi connectivity index (χ4v) is 1.85. The van der Waals surface area contributed by atoms with Gasteiger partial charge in [-0.1, -0.05) is 19.9 Å². The summed E-state index contributed by atoms with van der Waals surface area (Å²) in [4.78, 5) is 23.3. The van der Waals surface area contributed by atoms with Gasteiger partial charge in [0.2, 0.25) is 5.91 Å². The first-order valence-corrected chi connectivity index (χ1v) is 6.80. The molecule has 1 unspecified atom stereocenters. The Kier molecular flexibility index (Phi) is 6.81. The molecule has 0 spiro atoms. The Morgan fingerprint density at radius 1 is 1.33 bits per heavy atom. The number of nitrogens with one attached hydrogen (secondary N) is 2. The van der Waals surface area contributed by atoms with Gasteiger partial charge in [0, 0.05) is 18.7 Å². The predicted molar refractivity (Wildman–Crippen MR) is 78.3 cm³/mol. The summed E-state index contributed by atoms with van der Waals surface area (Å²) in [6, 6.07) is 5.24. The highest BCUT2D eigenvalue weighted by Gasteiger charge is 2.22. The number of methoxy groups -OCH3 is 1. The Morgan fingerprint density at radius 3 is 2.62 bits per heavy atom. The van der Waals surface area contributed by atoms with Crippen molar-refractivity contribution in [3.8, 4) is 0 Å². The van der Waals surface area contributed by atoms with Gasteiger partial charge in [0.1, 0.15) is 11.9 Å². The minimum atomic E-state index is -0.447. The molecule has 0 saturated carbocycles. The summed E-state index contributed by atoms with van der Waals surface area (Å²) in [5.41, 5.74) is 0.411. The number of ether oxygens (including phenoxy) is 1. The van der Waals surface area contributed by atoms with Gasteiger partial charge >= 0.3 is 5.97 Å². The second-order valence-electron chi connectivity index (χ2n) is 5.01. The largest absolute Gasteiger partial charge is 0.468 e. The number of esters is 1. The third-order valence-corrected chi connectivity index (χ3v) is 2.95. The monoisotopic (exact) mass is 296 g/mol. The molecule has 0 fully saturated rings. The molecule has 0 aliphatic rings. The van der Waals surface area contributed by atoms with Crippen molar-refractivity contribution in [2.45, 2.75) is 26.3 Å². The van der Waals surface area contributed by atoms with E-state index in [9.17, 15) is 14.0 Å². The molecule has 21 heavy (non-hydrogen) atoms. The molecule has 0 bridgehead atoms. The minimum Gasteiger partial charge on any atom is -0.468 e. The Morgan fingerprint density at radius 2 is 2.05 bits per heavy atom. The molecule has 0 aliphatic heterocycles. The molecule has 1 rings (SSSR count). The van der Waals surface area contributed by atoms with Crippen LogP contribution in [-0.4, -0.2) is 31.6 Å². The average Bonchev–Trinajstić information content (AvgIpc) is 2.42. The number of benzene rings is 1. The van der Waals surface area contributed by atoms with Crippen LogP contribution in [0, 0.1) is 11.7 Å². The molecule has 116 valence electrons. The molecule has 0 heterocycles. The van der Waals surface area contributed by atoms with Crippen molar-refractivity contribution in [2.24, 2.45) is 5.92 Å². The molecule has 5 nitrogen and oxygen atoms in total. The molecule has 0 saturated heterocycles. The standard InChI is InChI=1S/C15H21FN2O3/c1-10(2)14(15(20)21-3)17-8-7-13(19)18-12-6-4-5-11(16)9-12/h4-6,9-10,14,17H,7-8H2,1-3H3,(H,18,19). The van der Waals surface area contributed by atoms with Crippen LogP contribution in [0.25, 0.3) is 0 Å². The first-order chi connectivity index (χ1) is 9.93. The second kappa shape index (κ2) is 8.36. The number of anilines is 1. The molecular weight excluding hydrogens is 275 g/mol. The van der Waals surface area contributed by atoms with Crippen LogP contribution < -0.4 is 10.6 Å². The number of carbonyl (C=O) groups is 2. The van der Waals surface area contributed by atoms with E-state index in [1.54, 1.807) is 6.07 Å². The fraction of sp³-hybridized carbons (Fsp3) is 0.467. The quantitative estimate of drug-likeness (QED) is 0.755. The molecule has 1 atom stereocenters. The van der Waals surface area contributed by atoms with E-state index in [2.05, 4.69) is 10.6 Å². The van der Waals surface area contributed by atoms with Crippen LogP contribution in [0.5, 0.6) is 0 Å². The number of carbonyl (C=O) groups excluding carboxylic acids is 2. The number of halogens is 1. The lowest BCUT2D eigenvalue weighted by molar-refractivity contribution is -0.144. The van der Waals surface area contributed by atoms with Crippen molar-refractivity contribution in [1.29, 1.82) is 0 Å². The van der Waals surface area contributed by atoms with Crippen molar-refractivity contribution >= 4 is 17.6 Å². The van der Waals surface area contributed by atoms with Crippen molar-refractivity contribution in [2.75, 3.05) is 19.0 Å². The van der Waals surface area contributed by atoms with E-state index in [1.807, 2.05) is 13.8 Å². The zero-order valence-corrected chi connectivity index (χ0v) is 12.5. The van der Waals surface area contributed by atoms with E-state index in [0.717, 1.165) is 0 Å². The molecule has 2 N–H and O–H groups in total. The van der Waals surface area contributed by atoms with E-state index in [-0.39, 0.29) is 24.2 Å². The average molecular weight is 296 g/mol. The first-order valence-electron chi connectivity index (χ1n) is 6.80. The van der Waals surface area contributed by atoms with Crippen LogP contribution in [0.1, 0.15) is 20.3 Å². The Bertz CT molecular complexity index is 492. The Balaban J connectivity index is 2.40. The van der Waals surface area contributed by atoms with Crippen LogP contribution in [0.2, 0.25) is 0 Å². The van der Waals surface area contributed by atoms with Crippen LogP contribution in [0.3, 0.4) is 0 Å². The third kappa shape index (κ3) is 5.91. The summed E-state index contributed by atoms with van der Waals surface area (Å²) < 4.78 is 17.7. The highest BCUT2D eigenvalue weighted by atomic mass is 19.1. The highest BCUT2D eigenvalue weighted by molar-refractivity contribution is 5.90. The van der Waals surface area contributed by atoms with Gasteiger partial charge in [0.05, 0.1) is 7.11 Å². The molecule has 1 amide bonds. The van der Waals surface area contributed by atoms with Crippen LogP contribution in [0.15, 0.2) is 24.3 Å². The fourth-order valence-electron chi connectivity index (χ4n) is 1.85. The second-order valence-corrected chi connectivity index (χ2v) is 5.01. The number of amides is 1. The van der Waals surface area contributed by atoms with Crippen molar-refractivity contribution in [1.82, 2.24) is 5.32 Å². The van der Waals surface area contributed by atoms with Gasteiger partial charge in [0.25, 0.3) is 0 Å². The van der Waals surface area contributed by atoms with Gasteiger partial charge in [-0.05, 0) is 24.1 Å². The Hall–Kier alpha value is -1.95. The van der Waals surface area contributed by atoms with Crippen molar-refractivity contribution < 1.29 is 18.7 Å². The summed E-state index contributed by atoms with van der Waals surface area (Å²) in [6.45, 7) is 4.11. The van der Waals surface area contributed by atoms with Gasteiger partial charge in [0.15, 0.2) is 0 Å². The zero-order valence-electron chi connectivity index (χ0n) is 12.5. The maximum Gasteiger partial charge on any atom is 0.323 e. The maximum absolute atomic E-state index is 13.0. The van der Waals surface area contributed by atoms with Crippen molar-refractivity contribution in [3.63, 3.8) is 0 Å². The summed E-state index contributed by atoms with van der Waals surface area (Å²) in [5, 5.41) is 5.58. The summed E-state index contributed by atoms with van der Waals surface area (Å²) >= 11 is 0. The SMILES string of the molecule is COC(=O)C(NCCC(=O)Nc1cccc(F)c1)C(C)C. The lowest BCUT2D eigenvalue weighted by atomic mass is 10.0. The number of hydrogen-bond acceptors (Lipinski definition) is 4. The molecular formula is C15H21FN2O3. The van der Waals surface area contributed by atoms with E-state index in [1.165, 1.54) is 25.3 Å². The molecule has 1 aromatic carbocycles.